The molecule has 0 aromatic heterocycles. The zero-order valence-electron chi connectivity index (χ0n) is 15.4. The molecule has 0 fully saturated rings. The topological polar surface area (TPSA) is 71.7 Å². The van der Waals surface area contributed by atoms with Gasteiger partial charge in [-0.25, -0.2) is 9.38 Å². The van der Waals surface area contributed by atoms with Gasteiger partial charge < -0.3 is 15.4 Å². The van der Waals surface area contributed by atoms with Crippen LogP contribution >= 0.6 is 0 Å². The Morgan fingerprint density at radius 3 is 2.71 bits per heavy atom. The van der Waals surface area contributed by atoms with Crippen molar-refractivity contribution < 1.29 is 9.13 Å². The molecule has 5 nitrogen and oxygen atoms in total. The molecule has 3 aromatic carbocycles. The first-order valence-electron chi connectivity index (χ1n) is 8.95. The third kappa shape index (κ3) is 3.42. The fourth-order valence-corrected chi connectivity index (χ4v) is 3.29. The molecule has 1 atom stereocenters. The van der Waals surface area contributed by atoms with E-state index < -0.39 is 5.66 Å². The normalized spacial score (nSPS) is 17.5. The van der Waals surface area contributed by atoms with Crippen LogP contribution in [0.3, 0.4) is 0 Å². The molecule has 0 amide bonds. The third-order valence-corrected chi connectivity index (χ3v) is 4.83. The average Bonchev–Trinajstić information content (AvgIpc) is 2.73. The van der Waals surface area contributed by atoms with Crippen molar-refractivity contribution >= 4 is 17.7 Å². The molecule has 0 aliphatic carbocycles. The van der Waals surface area contributed by atoms with Crippen LogP contribution in [0.1, 0.15) is 16.7 Å². The molecule has 4 rings (SSSR count). The molecule has 1 unspecified atom stereocenters. The number of benzene rings is 3. The highest BCUT2D eigenvalue weighted by Gasteiger charge is 2.33. The number of nitrogens with zero attached hydrogens (tertiary/aromatic N) is 1. The first-order chi connectivity index (χ1) is 13.6. The van der Waals surface area contributed by atoms with Gasteiger partial charge in [0.25, 0.3) is 0 Å². The molecule has 0 bridgehead atoms. The Bertz CT molecular complexity index is 1020. The molecule has 1 heterocycles. The van der Waals surface area contributed by atoms with E-state index in [1.54, 1.807) is 25.6 Å². The lowest BCUT2D eigenvalue weighted by molar-refractivity contribution is 0.414. The largest absolute Gasteiger partial charge is 0.497 e. The van der Waals surface area contributed by atoms with Gasteiger partial charge in [0, 0.05) is 23.5 Å². The van der Waals surface area contributed by atoms with Crippen molar-refractivity contribution in [3.8, 4) is 5.75 Å². The van der Waals surface area contributed by atoms with Crippen molar-refractivity contribution in [2.75, 3.05) is 17.7 Å². The van der Waals surface area contributed by atoms with E-state index in [9.17, 15) is 4.39 Å². The van der Waals surface area contributed by atoms with Gasteiger partial charge in [-0.3, -0.25) is 5.73 Å². The van der Waals surface area contributed by atoms with Crippen molar-refractivity contribution in [3.05, 3.63) is 89.2 Å². The Hall–Kier alpha value is -3.38. The van der Waals surface area contributed by atoms with Gasteiger partial charge in [0.15, 0.2) is 5.66 Å². The van der Waals surface area contributed by atoms with Crippen molar-refractivity contribution in [2.24, 2.45) is 10.7 Å². The van der Waals surface area contributed by atoms with Crippen LogP contribution in [-0.2, 0) is 12.2 Å². The highest BCUT2D eigenvalue weighted by molar-refractivity contribution is 5.83. The number of rotatable bonds is 5. The number of hydrogen-bond acceptors (Lipinski definition) is 5. The quantitative estimate of drug-likeness (QED) is 0.628. The summed E-state index contributed by atoms with van der Waals surface area (Å²) in [5, 5.41) is 6.53. The summed E-state index contributed by atoms with van der Waals surface area (Å²) in [6.45, 7) is 0.640. The summed E-state index contributed by atoms with van der Waals surface area (Å²) in [6, 6.07) is 19.9. The second-order valence-electron chi connectivity index (χ2n) is 6.64. The van der Waals surface area contributed by atoms with Gasteiger partial charge in [-0.1, -0.05) is 24.3 Å². The van der Waals surface area contributed by atoms with Crippen LogP contribution < -0.4 is 21.1 Å². The lowest BCUT2D eigenvalue weighted by Crippen LogP contribution is -2.39. The smallest absolute Gasteiger partial charge is 0.163 e. The van der Waals surface area contributed by atoms with Crippen molar-refractivity contribution in [1.82, 2.24) is 0 Å². The number of halogens is 1. The summed E-state index contributed by atoms with van der Waals surface area (Å²) < 4.78 is 18.6. The monoisotopic (exact) mass is 376 g/mol. The summed E-state index contributed by atoms with van der Waals surface area (Å²) >= 11 is 0. The van der Waals surface area contributed by atoms with E-state index in [4.69, 9.17) is 10.5 Å². The van der Waals surface area contributed by atoms with Gasteiger partial charge in [-0.05, 0) is 53.6 Å². The van der Waals surface area contributed by atoms with Crippen molar-refractivity contribution in [1.29, 1.82) is 0 Å². The van der Waals surface area contributed by atoms with Crippen molar-refractivity contribution in [2.45, 2.75) is 12.2 Å². The number of ether oxygens (including phenoxy) is 1. The Balaban J connectivity index is 1.62. The lowest BCUT2D eigenvalue weighted by atomic mass is 9.90. The number of aliphatic imine (C=N–C) groups is 1. The van der Waals surface area contributed by atoms with Crippen molar-refractivity contribution in [3.63, 3.8) is 0 Å². The first kappa shape index (κ1) is 18.0. The molecule has 4 N–H and O–H groups in total. The van der Waals surface area contributed by atoms with E-state index in [0.29, 0.717) is 6.54 Å². The number of fused-ring (bicyclic) bond motifs is 1. The molecule has 6 heteroatoms. The summed E-state index contributed by atoms with van der Waals surface area (Å²) in [7, 11) is 1.65. The number of nitrogens with two attached hydrogens (primary N) is 1. The van der Waals surface area contributed by atoms with Crippen LogP contribution in [0.4, 0.5) is 15.8 Å². The predicted octanol–water partition coefficient (Wildman–Crippen LogP) is 4.06. The Labute approximate surface area is 163 Å². The van der Waals surface area contributed by atoms with E-state index >= 15 is 0 Å². The highest BCUT2D eigenvalue weighted by Crippen LogP contribution is 2.37. The Kier molecular flexibility index (Phi) is 4.71. The SMILES string of the molecule is COc1cccc(CNc2ccc3c(c2)C(N)(c2ccc(F)cc2)N=CN3)c1. The molecule has 142 valence electrons. The lowest BCUT2D eigenvalue weighted by Gasteiger charge is -2.32. The molecular formula is C22H21FN4O. The summed E-state index contributed by atoms with van der Waals surface area (Å²) in [6.07, 6.45) is 1.58. The molecule has 3 aromatic rings. The van der Waals surface area contributed by atoms with Gasteiger partial charge in [-0.15, -0.1) is 0 Å². The Morgan fingerprint density at radius 2 is 1.93 bits per heavy atom. The van der Waals surface area contributed by atoms with Gasteiger partial charge in [-0.2, -0.15) is 0 Å². The molecule has 0 radical (unpaired) electrons. The molecule has 1 aliphatic heterocycles. The summed E-state index contributed by atoms with van der Waals surface area (Å²) in [5.41, 5.74) is 9.99. The maximum absolute atomic E-state index is 13.3. The van der Waals surface area contributed by atoms with Gasteiger partial charge in [0.2, 0.25) is 0 Å². The highest BCUT2D eigenvalue weighted by atomic mass is 19.1. The van der Waals surface area contributed by atoms with Crippen LogP contribution in [0.5, 0.6) is 5.75 Å². The number of hydrogen-bond donors (Lipinski definition) is 3. The van der Waals surface area contributed by atoms with Crippen LogP contribution in [0.15, 0.2) is 71.7 Å². The number of nitrogens with one attached hydrogen (secondary N) is 2. The van der Waals surface area contributed by atoms with Gasteiger partial charge in [0.05, 0.1) is 13.4 Å². The summed E-state index contributed by atoms with van der Waals surface area (Å²) in [4.78, 5) is 4.46. The van der Waals surface area contributed by atoms with E-state index in [-0.39, 0.29) is 5.82 Å². The van der Waals surface area contributed by atoms with Crippen LogP contribution in [0, 0.1) is 5.82 Å². The fourth-order valence-electron chi connectivity index (χ4n) is 3.29. The van der Waals surface area contributed by atoms with Gasteiger partial charge >= 0.3 is 0 Å². The third-order valence-electron chi connectivity index (χ3n) is 4.83. The first-order valence-corrected chi connectivity index (χ1v) is 8.95. The molecule has 1 aliphatic rings. The van der Waals surface area contributed by atoms with E-state index in [0.717, 1.165) is 33.8 Å². The zero-order chi connectivity index (χ0) is 19.6. The maximum Gasteiger partial charge on any atom is 0.163 e. The van der Waals surface area contributed by atoms with Crippen LogP contribution in [-0.4, -0.2) is 13.4 Å². The minimum Gasteiger partial charge on any atom is -0.497 e. The predicted molar refractivity (Wildman–Crippen MR) is 110 cm³/mol. The molecule has 0 saturated carbocycles. The molecular weight excluding hydrogens is 355 g/mol. The minimum atomic E-state index is -1.08. The van der Waals surface area contributed by atoms with Crippen LogP contribution in [0.25, 0.3) is 0 Å². The second kappa shape index (κ2) is 7.32. The van der Waals surface area contributed by atoms with E-state index in [1.165, 1.54) is 12.1 Å². The average molecular weight is 376 g/mol. The van der Waals surface area contributed by atoms with Gasteiger partial charge in [0.1, 0.15) is 11.6 Å². The molecule has 0 saturated heterocycles. The maximum atomic E-state index is 13.3. The second-order valence-corrected chi connectivity index (χ2v) is 6.64. The van der Waals surface area contributed by atoms with Crippen LogP contribution in [0.2, 0.25) is 0 Å². The van der Waals surface area contributed by atoms with E-state index in [1.807, 2.05) is 42.5 Å². The number of methoxy groups -OCH3 is 1. The Morgan fingerprint density at radius 1 is 1.11 bits per heavy atom. The van der Waals surface area contributed by atoms with E-state index in [2.05, 4.69) is 15.6 Å². The fraction of sp³-hybridized carbons (Fsp3) is 0.136. The number of anilines is 2. The molecule has 0 spiro atoms. The molecule has 28 heavy (non-hydrogen) atoms. The minimum absolute atomic E-state index is 0.306. The standard InChI is InChI=1S/C22H21FN4O/c1-28-19-4-2-3-15(11-19)13-25-18-9-10-21-20(12-18)22(24,27-14-26-21)16-5-7-17(23)8-6-16/h2-12,14,25H,13,24H2,1H3,(H,26,27). The zero-order valence-corrected chi connectivity index (χ0v) is 15.4. The summed E-state index contributed by atoms with van der Waals surface area (Å²) in [5.74, 6) is 0.514.